The zero-order valence-electron chi connectivity index (χ0n) is 13.3. The molecular formula is C17H17FN4O2S. The second-order valence-corrected chi connectivity index (χ2v) is 7.07. The molecule has 0 unspecified atom stereocenters. The Morgan fingerprint density at radius 1 is 1.04 bits per heavy atom. The van der Waals surface area contributed by atoms with Crippen LogP contribution in [-0.2, 0) is 23.2 Å². The molecule has 0 atom stereocenters. The summed E-state index contributed by atoms with van der Waals surface area (Å²) in [5, 5.41) is 9.36. The molecule has 0 saturated heterocycles. The number of hydrogen-bond donors (Lipinski definition) is 2. The van der Waals surface area contributed by atoms with Crippen molar-refractivity contribution in [3.05, 3.63) is 65.9 Å². The van der Waals surface area contributed by atoms with Crippen molar-refractivity contribution in [2.24, 2.45) is 10.9 Å². The standard InChI is InChI=1S/C17H17FN4O2S/c18-10-14-9-17(13-3-1-12(11-19)2-4-13)22(21-14)15-5-7-16(8-6-15)25(20,23)24/h1-9H,10-11,19H2,(H2,20,23,24). The molecular weight excluding hydrogens is 343 g/mol. The SMILES string of the molecule is NCc1ccc(-c2cc(CF)nn2-c2ccc(S(N)(=O)=O)cc2)cc1. The number of rotatable bonds is 5. The van der Waals surface area contributed by atoms with Crippen molar-refractivity contribution in [3.63, 3.8) is 0 Å². The van der Waals surface area contributed by atoms with Crippen molar-refractivity contribution >= 4 is 10.0 Å². The lowest BCUT2D eigenvalue weighted by molar-refractivity contribution is 0.473. The number of primary sulfonamides is 1. The fraction of sp³-hybridized carbons (Fsp3) is 0.118. The summed E-state index contributed by atoms with van der Waals surface area (Å²) in [7, 11) is -3.77. The molecule has 8 heteroatoms. The van der Waals surface area contributed by atoms with E-state index in [2.05, 4.69) is 5.10 Å². The van der Waals surface area contributed by atoms with E-state index in [1.807, 2.05) is 24.3 Å². The number of nitrogens with two attached hydrogens (primary N) is 2. The summed E-state index contributed by atoms with van der Waals surface area (Å²) in [4.78, 5) is 0.00275. The van der Waals surface area contributed by atoms with Gasteiger partial charge in [0.25, 0.3) is 0 Å². The molecule has 3 aromatic rings. The van der Waals surface area contributed by atoms with Gasteiger partial charge in [-0.05, 0) is 35.9 Å². The summed E-state index contributed by atoms with van der Waals surface area (Å²) in [6.07, 6.45) is 0. The molecule has 4 N–H and O–H groups in total. The average molecular weight is 360 g/mol. The largest absolute Gasteiger partial charge is 0.326 e. The van der Waals surface area contributed by atoms with Gasteiger partial charge in [0, 0.05) is 12.1 Å². The highest BCUT2D eigenvalue weighted by molar-refractivity contribution is 7.89. The maximum Gasteiger partial charge on any atom is 0.238 e. The van der Waals surface area contributed by atoms with E-state index in [0.29, 0.717) is 17.9 Å². The Hall–Kier alpha value is -2.55. The van der Waals surface area contributed by atoms with Crippen molar-refractivity contribution in [2.45, 2.75) is 18.1 Å². The van der Waals surface area contributed by atoms with Crippen LogP contribution < -0.4 is 10.9 Å². The van der Waals surface area contributed by atoms with Crippen LogP contribution in [0.3, 0.4) is 0 Å². The number of halogens is 1. The van der Waals surface area contributed by atoms with E-state index in [9.17, 15) is 12.8 Å². The Labute approximate surface area is 144 Å². The highest BCUT2D eigenvalue weighted by Crippen LogP contribution is 2.25. The first kappa shape index (κ1) is 17.3. The Kier molecular flexibility index (Phi) is 4.67. The quantitative estimate of drug-likeness (QED) is 0.727. The molecule has 6 nitrogen and oxygen atoms in total. The number of nitrogens with zero attached hydrogens (tertiary/aromatic N) is 2. The van der Waals surface area contributed by atoms with E-state index >= 15 is 0 Å². The third-order valence-corrected chi connectivity index (χ3v) is 4.72. The second kappa shape index (κ2) is 6.75. The van der Waals surface area contributed by atoms with Crippen molar-refractivity contribution in [2.75, 3.05) is 0 Å². The third kappa shape index (κ3) is 3.60. The molecule has 0 radical (unpaired) electrons. The van der Waals surface area contributed by atoms with Crippen LogP contribution in [0.15, 0.2) is 59.5 Å². The highest BCUT2D eigenvalue weighted by atomic mass is 32.2. The van der Waals surface area contributed by atoms with Crippen LogP contribution >= 0.6 is 0 Å². The zero-order chi connectivity index (χ0) is 18.0. The van der Waals surface area contributed by atoms with Crippen LogP contribution in [0.1, 0.15) is 11.3 Å². The lowest BCUT2D eigenvalue weighted by atomic mass is 10.1. The monoisotopic (exact) mass is 360 g/mol. The molecule has 1 aromatic heterocycles. The van der Waals surface area contributed by atoms with Gasteiger partial charge in [0.05, 0.1) is 22.0 Å². The Morgan fingerprint density at radius 3 is 2.20 bits per heavy atom. The molecule has 3 rings (SSSR count). The van der Waals surface area contributed by atoms with Crippen molar-refractivity contribution < 1.29 is 12.8 Å². The van der Waals surface area contributed by atoms with E-state index in [1.165, 1.54) is 12.1 Å². The van der Waals surface area contributed by atoms with Gasteiger partial charge in [-0.15, -0.1) is 0 Å². The first-order valence-corrected chi connectivity index (χ1v) is 9.04. The van der Waals surface area contributed by atoms with Crippen molar-refractivity contribution in [3.8, 4) is 16.9 Å². The van der Waals surface area contributed by atoms with Gasteiger partial charge in [-0.25, -0.2) is 22.6 Å². The van der Waals surface area contributed by atoms with E-state index in [0.717, 1.165) is 11.1 Å². The van der Waals surface area contributed by atoms with Gasteiger partial charge in [0.1, 0.15) is 6.67 Å². The minimum atomic E-state index is -3.77. The maximum absolute atomic E-state index is 13.1. The molecule has 25 heavy (non-hydrogen) atoms. The van der Waals surface area contributed by atoms with Gasteiger partial charge >= 0.3 is 0 Å². The van der Waals surface area contributed by atoms with Crippen LogP contribution in [0.5, 0.6) is 0 Å². The summed E-state index contributed by atoms with van der Waals surface area (Å²) >= 11 is 0. The number of aromatic nitrogens is 2. The molecule has 0 aliphatic rings. The normalized spacial score (nSPS) is 11.6. The summed E-state index contributed by atoms with van der Waals surface area (Å²) in [5.41, 5.74) is 9.02. The van der Waals surface area contributed by atoms with Gasteiger partial charge in [0.2, 0.25) is 10.0 Å². The molecule has 0 amide bonds. The van der Waals surface area contributed by atoms with E-state index in [-0.39, 0.29) is 10.6 Å². The summed E-state index contributed by atoms with van der Waals surface area (Å²) in [6, 6.07) is 15.2. The zero-order valence-corrected chi connectivity index (χ0v) is 14.1. The third-order valence-electron chi connectivity index (χ3n) is 3.79. The molecule has 0 bridgehead atoms. The second-order valence-electron chi connectivity index (χ2n) is 5.51. The summed E-state index contributed by atoms with van der Waals surface area (Å²) in [5.74, 6) is 0. The molecule has 0 spiro atoms. The van der Waals surface area contributed by atoms with Crippen LogP contribution in [0.25, 0.3) is 16.9 Å². The van der Waals surface area contributed by atoms with Crippen molar-refractivity contribution in [1.29, 1.82) is 0 Å². The predicted molar refractivity (Wildman–Crippen MR) is 93.1 cm³/mol. The minimum Gasteiger partial charge on any atom is -0.326 e. The molecule has 1 heterocycles. The molecule has 0 saturated carbocycles. The molecule has 0 aliphatic carbocycles. The van der Waals surface area contributed by atoms with Crippen LogP contribution in [0, 0.1) is 0 Å². The first-order valence-electron chi connectivity index (χ1n) is 7.50. The fourth-order valence-corrected chi connectivity index (χ4v) is 3.00. The Balaban J connectivity index is 2.08. The minimum absolute atomic E-state index is 0.00275. The lowest BCUT2D eigenvalue weighted by Gasteiger charge is -2.09. The number of benzene rings is 2. The molecule has 130 valence electrons. The summed E-state index contributed by atoms with van der Waals surface area (Å²) < 4.78 is 37.4. The Bertz CT molecular complexity index is 980. The number of hydrogen-bond acceptors (Lipinski definition) is 4. The molecule has 0 aliphatic heterocycles. The van der Waals surface area contributed by atoms with Gasteiger partial charge < -0.3 is 5.73 Å². The van der Waals surface area contributed by atoms with Gasteiger partial charge in [-0.3, -0.25) is 0 Å². The maximum atomic E-state index is 13.1. The van der Waals surface area contributed by atoms with Gasteiger partial charge in [0.15, 0.2) is 0 Å². The van der Waals surface area contributed by atoms with Crippen LogP contribution in [-0.4, -0.2) is 18.2 Å². The van der Waals surface area contributed by atoms with E-state index in [1.54, 1.807) is 22.9 Å². The summed E-state index contributed by atoms with van der Waals surface area (Å²) in [6.45, 7) is -0.263. The fourth-order valence-electron chi connectivity index (χ4n) is 2.49. The van der Waals surface area contributed by atoms with Gasteiger partial charge in [-0.2, -0.15) is 5.10 Å². The van der Waals surface area contributed by atoms with Gasteiger partial charge in [-0.1, -0.05) is 24.3 Å². The van der Waals surface area contributed by atoms with E-state index in [4.69, 9.17) is 10.9 Å². The average Bonchev–Trinajstić information content (AvgIpc) is 3.05. The smallest absolute Gasteiger partial charge is 0.238 e. The van der Waals surface area contributed by atoms with Crippen LogP contribution in [0.4, 0.5) is 4.39 Å². The topological polar surface area (TPSA) is 104 Å². The number of alkyl halides is 1. The molecule has 0 fully saturated rings. The molecule has 2 aromatic carbocycles. The number of sulfonamides is 1. The van der Waals surface area contributed by atoms with E-state index < -0.39 is 16.7 Å². The first-order chi connectivity index (χ1) is 11.9. The predicted octanol–water partition coefficient (Wildman–Crippen LogP) is 2.11. The van der Waals surface area contributed by atoms with Crippen molar-refractivity contribution in [1.82, 2.24) is 9.78 Å². The van der Waals surface area contributed by atoms with Crippen LogP contribution in [0.2, 0.25) is 0 Å². The Morgan fingerprint density at radius 2 is 1.68 bits per heavy atom. The highest BCUT2D eigenvalue weighted by Gasteiger charge is 2.13. The lowest BCUT2D eigenvalue weighted by Crippen LogP contribution is -2.12.